The van der Waals surface area contributed by atoms with Crippen molar-refractivity contribution < 1.29 is 63.1 Å². The maximum absolute atomic E-state index is 12.9. The highest BCUT2D eigenvalue weighted by molar-refractivity contribution is 7.47. The number of aliphatic hydroxyl groups excluding tert-OH is 5. The minimum absolute atomic E-state index is 0.0966. The molecule has 0 aromatic rings. The van der Waals surface area contributed by atoms with Crippen LogP contribution in [0.25, 0.3) is 0 Å². The third kappa shape index (κ3) is 35.1. The molecule has 6 unspecified atom stereocenters. The Balaban J connectivity index is 2.37. The number of hydrogen-bond donors (Lipinski definition) is 6. The van der Waals surface area contributed by atoms with Crippen molar-refractivity contribution in [2.45, 2.75) is 288 Å². The monoisotopic (exact) mass is 975 g/mol. The summed E-state index contributed by atoms with van der Waals surface area (Å²) < 4.78 is 33.7. The number of unbranched alkanes of at least 4 members (excludes halogenated alkanes) is 30. The van der Waals surface area contributed by atoms with E-state index in [0.717, 1.165) is 57.8 Å². The molecular formula is C53H99O13P. The third-order valence-electron chi connectivity index (χ3n) is 12.8. The molecule has 14 heteroatoms. The summed E-state index contributed by atoms with van der Waals surface area (Å²) in [5, 5.41) is 50.3. The van der Waals surface area contributed by atoms with Crippen LogP contribution in [0, 0.1) is 0 Å². The van der Waals surface area contributed by atoms with Crippen LogP contribution in [0.3, 0.4) is 0 Å². The number of rotatable bonds is 46. The van der Waals surface area contributed by atoms with Crippen molar-refractivity contribution in [1.29, 1.82) is 0 Å². The zero-order valence-corrected chi connectivity index (χ0v) is 43.1. The Bertz CT molecular complexity index is 1270. The number of ether oxygens (including phenoxy) is 2. The summed E-state index contributed by atoms with van der Waals surface area (Å²) in [5.41, 5.74) is 0. The first-order chi connectivity index (χ1) is 32.4. The lowest BCUT2D eigenvalue weighted by molar-refractivity contribution is -0.220. The summed E-state index contributed by atoms with van der Waals surface area (Å²) in [5.74, 6) is -1.09. The fourth-order valence-electron chi connectivity index (χ4n) is 8.40. The molecule has 0 aliphatic heterocycles. The molecule has 0 aromatic carbocycles. The fourth-order valence-corrected chi connectivity index (χ4v) is 9.37. The van der Waals surface area contributed by atoms with Gasteiger partial charge in [0.2, 0.25) is 0 Å². The molecule has 67 heavy (non-hydrogen) atoms. The molecule has 0 saturated heterocycles. The van der Waals surface area contributed by atoms with Gasteiger partial charge in [-0.25, -0.2) is 4.57 Å². The Hall–Kier alpha value is -1.67. The molecule has 1 rings (SSSR count). The average Bonchev–Trinajstić information content (AvgIpc) is 3.31. The highest BCUT2D eigenvalue weighted by Crippen LogP contribution is 2.47. The molecule has 6 N–H and O–H groups in total. The number of aliphatic hydroxyl groups is 5. The molecule has 0 spiro atoms. The molecule has 1 fully saturated rings. The second kappa shape index (κ2) is 43.1. The van der Waals surface area contributed by atoms with Gasteiger partial charge >= 0.3 is 19.8 Å². The highest BCUT2D eigenvalue weighted by atomic mass is 31.2. The molecule has 0 bridgehead atoms. The Morgan fingerprint density at radius 2 is 0.761 bits per heavy atom. The van der Waals surface area contributed by atoms with E-state index in [9.17, 15) is 44.6 Å². The van der Waals surface area contributed by atoms with Crippen molar-refractivity contribution in [1.82, 2.24) is 0 Å². The Labute approximate surface area is 406 Å². The van der Waals surface area contributed by atoms with E-state index in [2.05, 4.69) is 38.2 Å². The smallest absolute Gasteiger partial charge is 0.462 e. The summed E-state index contributed by atoms with van der Waals surface area (Å²) >= 11 is 0. The van der Waals surface area contributed by atoms with Crippen LogP contribution in [0.1, 0.15) is 245 Å². The van der Waals surface area contributed by atoms with E-state index >= 15 is 0 Å². The molecule has 0 heterocycles. The highest BCUT2D eigenvalue weighted by Gasteiger charge is 2.51. The second-order valence-electron chi connectivity index (χ2n) is 19.1. The molecular weight excluding hydrogens is 876 g/mol. The average molecular weight is 975 g/mol. The van der Waals surface area contributed by atoms with E-state index in [4.69, 9.17) is 18.5 Å². The predicted molar refractivity (Wildman–Crippen MR) is 267 cm³/mol. The van der Waals surface area contributed by atoms with Gasteiger partial charge in [-0.1, -0.05) is 192 Å². The lowest BCUT2D eigenvalue weighted by Crippen LogP contribution is -2.64. The summed E-state index contributed by atoms with van der Waals surface area (Å²) in [6.07, 6.45) is 36.5. The van der Waals surface area contributed by atoms with Gasteiger partial charge in [0.15, 0.2) is 6.10 Å². The van der Waals surface area contributed by atoms with Crippen LogP contribution in [0.15, 0.2) is 24.3 Å². The van der Waals surface area contributed by atoms with Crippen LogP contribution in [-0.2, 0) is 32.7 Å². The number of carbonyl (C=O) groups excluding carboxylic acids is 2. The summed E-state index contributed by atoms with van der Waals surface area (Å²) in [4.78, 5) is 35.9. The number of carbonyl (C=O) groups is 2. The van der Waals surface area contributed by atoms with Crippen molar-refractivity contribution >= 4 is 19.8 Å². The van der Waals surface area contributed by atoms with Gasteiger partial charge in [0, 0.05) is 12.8 Å². The van der Waals surface area contributed by atoms with Gasteiger partial charge < -0.3 is 39.9 Å². The number of phosphoric ester groups is 1. The molecule has 0 amide bonds. The Kier molecular flexibility index (Phi) is 40.8. The molecule has 0 radical (unpaired) electrons. The largest absolute Gasteiger partial charge is 0.472 e. The van der Waals surface area contributed by atoms with Gasteiger partial charge in [-0.2, -0.15) is 0 Å². The van der Waals surface area contributed by atoms with Crippen LogP contribution >= 0.6 is 7.82 Å². The van der Waals surface area contributed by atoms with Crippen molar-refractivity contribution in [2.24, 2.45) is 0 Å². The maximum atomic E-state index is 12.9. The van der Waals surface area contributed by atoms with Crippen LogP contribution in [0.5, 0.6) is 0 Å². The quantitative estimate of drug-likeness (QED) is 0.0145. The van der Waals surface area contributed by atoms with Crippen LogP contribution in [-0.4, -0.2) is 98.3 Å². The molecule has 1 aliphatic rings. The first kappa shape index (κ1) is 63.3. The Morgan fingerprint density at radius 3 is 1.13 bits per heavy atom. The van der Waals surface area contributed by atoms with Gasteiger partial charge in [0.05, 0.1) is 6.61 Å². The van der Waals surface area contributed by atoms with Gasteiger partial charge in [0.25, 0.3) is 0 Å². The number of esters is 2. The molecule has 1 saturated carbocycles. The molecule has 394 valence electrons. The van der Waals surface area contributed by atoms with Gasteiger partial charge in [0.1, 0.15) is 43.2 Å². The van der Waals surface area contributed by atoms with Crippen molar-refractivity contribution in [3.05, 3.63) is 24.3 Å². The first-order valence-electron chi connectivity index (χ1n) is 27.1. The first-order valence-corrected chi connectivity index (χ1v) is 28.6. The maximum Gasteiger partial charge on any atom is 0.472 e. The van der Waals surface area contributed by atoms with E-state index in [1.165, 1.54) is 148 Å². The van der Waals surface area contributed by atoms with Crippen molar-refractivity contribution in [3.63, 3.8) is 0 Å². The van der Waals surface area contributed by atoms with E-state index in [1.807, 2.05) is 0 Å². The number of allylic oxidation sites excluding steroid dienone is 4. The Morgan fingerprint density at radius 1 is 0.448 bits per heavy atom. The number of phosphoric acid groups is 1. The van der Waals surface area contributed by atoms with Crippen LogP contribution < -0.4 is 0 Å². The molecule has 13 nitrogen and oxygen atoms in total. The zero-order chi connectivity index (χ0) is 49.2. The van der Waals surface area contributed by atoms with Crippen LogP contribution in [0.2, 0.25) is 0 Å². The van der Waals surface area contributed by atoms with Gasteiger partial charge in [-0.3, -0.25) is 18.6 Å². The molecule has 0 aromatic heterocycles. The van der Waals surface area contributed by atoms with Gasteiger partial charge in [-0.15, -0.1) is 0 Å². The summed E-state index contributed by atoms with van der Waals surface area (Å²) in [6, 6.07) is 0. The van der Waals surface area contributed by atoms with Gasteiger partial charge in [-0.05, 0) is 64.2 Å². The third-order valence-corrected chi connectivity index (χ3v) is 13.8. The lowest BCUT2D eigenvalue weighted by Gasteiger charge is -2.41. The summed E-state index contributed by atoms with van der Waals surface area (Å²) in [6.45, 7) is 3.33. The summed E-state index contributed by atoms with van der Waals surface area (Å²) in [7, 11) is -5.12. The van der Waals surface area contributed by atoms with Crippen molar-refractivity contribution in [3.8, 4) is 0 Å². The van der Waals surface area contributed by atoms with E-state index < -0.39 is 75.7 Å². The fraction of sp³-hybridized carbons (Fsp3) is 0.887. The van der Waals surface area contributed by atoms with Crippen molar-refractivity contribution in [2.75, 3.05) is 13.2 Å². The zero-order valence-electron chi connectivity index (χ0n) is 42.2. The second-order valence-corrected chi connectivity index (χ2v) is 20.5. The minimum Gasteiger partial charge on any atom is -0.462 e. The molecule has 1 aliphatic carbocycles. The molecule has 8 atom stereocenters. The normalized spacial score (nSPS) is 21.3. The standard InChI is InChI=1S/C53H99O13P/c1-3-5-7-9-11-13-15-17-19-21-23-25-27-29-31-33-35-37-39-41-46(54)63-43-45(44-64-67(61,62)66-53-51(59)49(57)48(56)50(58)52(53)60)65-47(55)42-40-38-36-34-32-30-28-26-24-22-20-18-16-14-12-10-8-6-4-2/h17-20,45,48-53,56-60H,3-16,21-44H2,1-2H3,(H,61,62)/b19-17+,20-18+/t45-,48?,49-,50?,51?,52?,53?/m0/s1. The van der Waals surface area contributed by atoms with E-state index in [1.54, 1.807) is 0 Å². The van der Waals surface area contributed by atoms with E-state index in [-0.39, 0.29) is 12.8 Å². The van der Waals surface area contributed by atoms with E-state index in [0.29, 0.717) is 12.8 Å². The SMILES string of the molecule is CCCCCCCC/C=C/CCCCCCCCCCCC(=O)OC[C@@H](COP(=O)(O)OC1C(O)C(O)C(O)[C@H](O)C1O)OC(=O)CCCCCCCCCCC/C=C/CCCCCCCC. The lowest BCUT2D eigenvalue weighted by atomic mass is 9.85. The number of hydrogen-bond acceptors (Lipinski definition) is 12. The predicted octanol–water partition coefficient (Wildman–Crippen LogP) is 12.0. The topological polar surface area (TPSA) is 210 Å². The van der Waals surface area contributed by atoms with Crippen LogP contribution in [0.4, 0.5) is 0 Å². The minimum atomic E-state index is -5.12.